The minimum absolute atomic E-state index is 0.00729. The lowest BCUT2D eigenvalue weighted by Crippen LogP contribution is -2.33. The molecule has 0 unspecified atom stereocenters. The highest BCUT2D eigenvalue weighted by atomic mass is 32.1. The predicted octanol–water partition coefficient (Wildman–Crippen LogP) is 4.78. The third-order valence-electron chi connectivity index (χ3n) is 6.61. The van der Waals surface area contributed by atoms with E-state index in [1.807, 2.05) is 35.2 Å². The smallest absolute Gasteiger partial charge is 0.264 e. The van der Waals surface area contributed by atoms with Crippen LogP contribution in [0.1, 0.15) is 22.5 Å². The van der Waals surface area contributed by atoms with Crippen LogP contribution in [-0.4, -0.2) is 61.3 Å². The van der Waals surface area contributed by atoms with Crippen molar-refractivity contribution >= 4 is 28.6 Å². The van der Waals surface area contributed by atoms with Gasteiger partial charge >= 0.3 is 0 Å². The quantitative estimate of drug-likeness (QED) is 0.517. The van der Waals surface area contributed by atoms with Gasteiger partial charge in [0.25, 0.3) is 5.91 Å². The Hall–Kier alpha value is -3.25. The monoisotopic (exact) mass is 490 g/mol. The van der Waals surface area contributed by atoms with E-state index < -0.39 is 5.82 Å². The summed E-state index contributed by atoms with van der Waals surface area (Å²) in [7, 11) is 0. The number of hydrogen-bond donors (Lipinski definition) is 2. The second kappa shape index (κ2) is 10.2. The van der Waals surface area contributed by atoms with E-state index in [-0.39, 0.29) is 17.7 Å². The first-order valence-electron chi connectivity index (χ1n) is 11.9. The van der Waals surface area contributed by atoms with Gasteiger partial charge in [0.2, 0.25) is 5.69 Å². The van der Waals surface area contributed by atoms with Crippen LogP contribution in [-0.2, 0) is 0 Å². The van der Waals surface area contributed by atoms with Crippen LogP contribution in [0.15, 0.2) is 48.5 Å². The first kappa shape index (κ1) is 23.5. The zero-order chi connectivity index (χ0) is 24.4. The number of anilines is 1. The van der Waals surface area contributed by atoms with Crippen LogP contribution in [0.2, 0.25) is 0 Å². The Bertz CT molecular complexity index is 1260. The maximum atomic E-state index is 14.5. The molecule has 2 aromatic carbocycles. The van der Waals surface area contributed by atoms with Crippen LogP contribution in [0, 0.1) is 12.4 Å². The van der Waals surface area contributed by atoms with E-state index in [1.165, 1.54) is 23.5 Å². The molecule has 1 amide bonds. The number of hydrogen-bond acceptors (Lipinski definition) is 5. The molecule has 180 valence electrons. The van der Waals surface area contributed by atoms with Crippen LogP contribution in [0.5, 0.6) is 0 Å². The molecule has 0 spiro atoms. The van der Waals surface area contributed by atoms with Gasteiger partial charge in [-0.3, -0.25) is 4.79 Å². The van der Waals surface area contributed by atoms with Gasteiger partial charge in [0.15, 0.2) is 0 Å². The standard InChI is InChI=1S/C27H27FN4O2S/c1-29-24-8-5-19(15-23(24)28)22-16-25(27(34)31-12-2-10-30-11-14-31)35-26(22)18-3-6-20(7-4-18)32-13-9-21(33)17-32/h3-8,15-16,21,30,33H,2,9-14,17H2/t21-/m1/s1. The molecule has 0 saturated carbocycles. The van der Waals surface area contributed by atoms with E-state index in [1.54, 1.807) is 6.07 Å². The summed E-state index contributed by atoms with van der Waals surface area (Å²) >= 11 is 1.42. The maximum Gasteiger partial charge on any atom is 0.264 e. The number of benzene rings is 2. The van der Waals surface area contributed by atoms with Gasteiger partial charge in [-0.15, -0.1) is 11.3 Å². The Morgan fingerprint density at radius 1 is 1.09 bits per heavy atom. The van der Waals surface area contributed by atoms with Crippen molar-refractivity contribution in [3.05, 3.63) is 70.6 Å². The molecular weight excluding hydrogens is 463 g/mol. The third kappa shape index (κ3) is 4.94. The number of β-amino-alcohol motifs (C(OH)–C–C–N with tert-alkyl or cyclic N) is 1. The number of carbonyl (C=O) groups excluding carboxylic acids is 1. The van der Waals surface area contributed by atoms with Crippen molar-refractivity contribution in [2.75, 3.05) is 44.2 Å². The van der Waals surface area contributed by atoms with E-state index in [0.717, 1.165) is 54.2 Å². The minimum Gasteiger partial charge on any atom is -0.391 e. The van der Waals surface area contributed by atoms with Crippen molar-refractivity contribution in [3.63, 3.8) is 0 Å². The van der Waals surface area contributed by atoms with Gasteiger partial charge in [0.1, 0.15) is 5.82 Å². The summed E-state index contributed by atoms with van der Waals surface area (Å²) in [5.74, 6) is -0.573. The summed E-state index contributed by atoms with van der Waals surface area (Å²) in [6, 6.07) is 14.6. The first-order valence-corrected chi connectivity index (χ1v) is 12.7. The molecule has 0 aliphatic carbocycles. The van der Waals surface area contributed by atoms with Crippen molar-refractivity contribution in [2.45, 2.75) is 18.9 Å². The molecule has 1 atom stereocenters. The molecule has 2 fully saturated rings. The molecule has 6 nitrogen and oxygen atoms in total. The van der Waals surface area contributed by atoms with E-state index in [0.29, 0.717) is 30.1 Å². The number of nitrogens with one attached hydrogen (secondary N) is 1. The molecule has 0 radical (unpaired) electrons. The van der Waals surface area contributed by atoms with Crippen molar-refractivity contribution < 1.29 is 14.3 Å². The molecule has 35 heavy (non-hydrogen) atoms. The highest BCUT2D eigenvalue weighted by molar-refractivity contribution is 7.18. The van der Waals surface area contributed by atoms with Crippen LogP contribution in [0.3, 0.4) is 0 Å². The second-order valence-corrected chi connectivity index (χ2v) is 10.0. The fraction of sp³-hybridized carbons (Fsp3) is 0.333. The number of amides is 1. The highest BCUT2D eigenvalue weighted by Gasteiger charge is 2.24. The lowest BCUT2D eigenvalue weighted by Gasteiger charge is -2.18. The Morgan fingerprint density at radius 3 is 2.60 bits per heavy atom. The molecule has 3 aromatic rings. The van der Waals surface area contributed by atoms with Gasteiger partial charge in [0.05, 0.1) is 17.6 Å². The lowest BCUT2D eigenvalue weighted by atomic mass is 10.0. The zero-order valence-corrected chi connectivity index (χ0v) is 20.2. The van der Waals surface area contributed by atoms with Crippen LogP contribution < -0.4 is 10.2 Å². The zero-order valence-electron chi connectivity index (χ0n) is 19.3. The van der Waals surface area contributed by atoms with E-state index in [2.05, 4.69) is 15.1 Å². The Labute approximate surface area is 208 Å². The number of thiophene rings is 1. The van der Waals surface area contributed by atoms with E-state index in [4.69, 9.17) is 6.57 Å². The normalized spacial score (nSPS) is 18.4. The number of halogens is 1. The Kier molecular flexibility index (Phi) is 6.82. The van der Waals surface area contributed by atoms with Crippen LogP contribution >= 0.6 is 11.3 Å². The van der Waals surface area contributed by atoms with Crippen LogP contribution in [0.25, 0.3) is 26.4 Å². The van der Waals surface area contributed by atoms with Gasteiger partial charge in [-0.25, -0.2) is 9.24 Å². The van der Waals surface area contributed by atoms with Gasteiger partial charge in [-0.2, -0.15) is 0 Å². The fourth-order valence-electron chi connectivity index (χ4n) is 4.70. The molecule has 5 rings (SSSR count). The van der Waals surface area contributed by atoms with Crippen LogP contribution in [0.4, 0.5) is 15.8 Å². The number of aliphatic hydroxyl groups is 1. The van der Waals surface area contributed by atoms with Gasteiger partial charge in [-0.1, -0.05) is 24.3 Å². The average Bonchev–Trinajstić information content (AvgIpc) is 3.42. The molecule has 0 bridgehead atoms. The van der Waals surface area contributed by atoms with Gasteiger partial charge in [0, 0.05) is 48.9 Å². The molecule has 2 aliphatic rings. The largest absolute Gasteiger partial charge is 0.391 e. The van der Waals surface area contributed by atoms with Crippen molar-refractivity contribution in [2.24, 2.45) is 0 Å². The van der Waals surface area contributed by atoms with E-state index >= 15 is 0 Å². The fourth-order valence-corrected chi connectivity index (χ4v) is 5.85. The van der Waals surface area contributed by atoms with Crippen molar-refractivity contribution in [3.8, 4) is 21.6 Å². The summed E-state index contributed by atoms with van der Waals surface area (Å²) in [5, 5.41) is 13.2. The number of nitrogens with zero attached hydrogens (tertiary/aromatic N) is 3. The summed E-state index contributed by atoms with van der Waals surface area (Å²) in [6.07, 6.45) is 1.38. The molecule has 1 aromatic heterocycles. The summed E-state index contributed by atoms with van der Waals surface area (Å²) in [4.78, 5) is 22.2. The minimum atomic E-state index is -0.566. The molecule has 8 heteroatoms. The third-order valence-corrected chi connectivity index (χ3v) is 7.78. The van der Waals surface area contributed by atoms with E-state index in [9.17, 15) is 14.3 Å². The Morgan fingerprint density at radius 2 is 1.89 bits per heavy atom. The molecule has 3 heterocycles. The molecular formula is C27H27FN4O2S. The Balaban J connectivity index is 1.52. The average molecular weight is 491 g/mol. The predicted molar refractivity (Wildman–Crippen MR) is 138 cm³/mol. The summed E-state index contributed by atoms with van der Waals surface area (Å²) < 4.78 is 14.5. The highest BCUT2D eigenvalue weighted by Crippen LogP contribution is 2.41. The first-order chi connectivity index (χ1) is 17.0. The molecule has 2 N–H and O–H groups in total. The van der Waals surface area contributed by atoms with Gasteiger partial charge in [-0.05, 0) is 54.8 Å². The topological polar surface area (TPSA) is 60.2 Å². The SMILES string of the molecule is [C-]#[N+]c1ccc(-c2cc(C(=O)N3CCCNCC3)sc2-c2ccc(N3CC[C@@H](O)C3)cc2)cc1F. The second-order valence-electron chi connectivity index (χ2n) is 8.96. The molecule has 2 aliphatic heterocycles. The van der Waals surface area contributed by atoms with Crippen molar-refractivity contribution in [1.82, 2.24) is 10.2 Å². The van der Waals surface area contributed by atoms with Gasteiger partial charge < -0.3 is 20.2 Å². The summed E-state index contributed by atoms with van der Waals surface area (Å²) in [6.45, 7) is 11.6. The molecule has 2 saturated heterocycles. The summed E-state index contributed by atoms with van der Waals surface area (Å²) in [5.41, 5.74) is 3.40. The maximum absolute atomic E-state index is 14.5. The number of aliphatic hydroxyl groups excluding tert-OH is 1. The van der Waals surface area contributed by atoms with Crippen molar-refractivity contribution in [1.29, 1.82) is 0 Å². The number of rotatable bonds is 4. The number of carbonyl (C=O) groups is 1. The lowest BCUT2D eigenvalue weighted by molar-refractivity contribution is 0.0771.